The van der Waals surface area contributed by atoms with Crippen molar-refractivity contribution in [3.63, 3.8) is 0 Å². The molecule has 1 atom stereocenters. The van der Waals surface area contributed by atoms with Crippen molar-refractivity contribution in [3.05, 3.63) is 0 Å². The molecule has 0 bridgehead atoms. The van der Waals surface area contributed by atoms with Crippen LogP contribution in [0.4, 0.5) is 0 Å². The SMILES string of the molecule is CCC[C@H]1CN(CC)C(N(C)C)=N1. The minimum Gasteiger partial charge on any atom is -0.349 e. The van der Waals surface area contributed by atoms with Crippen molar-refractivity contribution < 1.29 is 0 Å². The highest BCUT2D eigenvalue weighted by atomic mass is 15.4. The summed E-state index contributed by atoms with van der Waals surface area (Å²) in [5.41, 5.74) is 0. The van der Waals surface area contributed by atoms with Gasteiger partial charge in [-0.05, 0) is 13.3 Å². The summed E-state index contributed by atoms with van der Waals surface area (Å²) in [4.78, 5) is 9.16. The quantitative estimate of drug-likeness (QED) is 0.659. The molecule has 0 radical (unpaired) electrons. The Morgan fingerprint density at radius 2 is 2.15 bits per heavy atom. The molecule has 3 heteroatoms. The molecular weight excluding hydrogens is 162 g/mol. The van der Waals surface area contributed by atoms with E-state index >= 15 is 0 Å². The van der Waals surface area contributed by atoms with Crippen LogP contribution in [0.3, 0.4) is 0 Å². The first-order valence-electron chi connectivity index (χ1n) is 5.19. The third kappa shape index (κ3) is 2.36. The number of aliphatic imine (C=N–C) groups is 1. The molecule has 0 aliphatic carbocycles. The average Bonchev–Trinajstić information content (AvgIpc) is 2.48. The fraction of sp³-hybridized carbons (Fsp3) is 0.900. The molecule has 13 heavy (non-hydrogen) atoms. The molecule has 1 aliphatic heterocycles. The highest BCUT2D eigenvalue weighted by molar-refractivity contribution is 5.81. The molecule has 0 saturated heterocycles. The predicted octanol–water partition coefficient (Wildman–Crippen LogP) is 1.41. The zero-order valence-corrected chi connectivity index (χ0v) is 9.25. The summed E-state index contributed by atoms with van der Waals surface area (Å²) in [5.74, 6) is 1.15. The van der Waals surface area contributed by atoms with E-state index in [-0.39, 0.29) is 0 Å². The van der Waals surface area contributed by atoms with Crippen LogP contribution < -0.4 is 0 Å². The highest BCUT2D eigenvalue weighted by Gasteiger charge is 2.23. The zero-order chi connectivity index (χ0) is 9.84. The Hall–Kier alpha value is -0.730. The van der Waals surface area contributed by atoms with Gasteiger partial charge in [-0.1, -0.05) is 13.3 Å². The first kappa shape index (κ1) is 10.4. The molecule has 1 rings (SSSR count). The van der Waals surface area contributed by atoms with E-state index < -0.39 is 0 Å². The van der Waals surface area contributed by atoms with Crippen LogP contribution in [-0.2, 0) is 0 Å². The normalized spacial score (nSPS) is 22.0. The Bertz CT molecular complexity index is 187. The summed E-state index contributed by atoms with van der Waals surface area (Å²) >= 11 is 0. The van der Waals surface area contributed by atoms with Gasteiger partial charge < -0.3 is 9.80 Å². The van der Waals surface area contributed by atoms with Crippen LogP contribution in [-0.4, -0.2) is 49.0 Å². The first-order chi connectivity index (χ1) is 6.19. The monoisotopic (exact) mass is 183 g/mol. The molecule has 3 nitrogen and oxygen atoms in total. The summed E-state index contributed by atoms with van der Waals surface area (Å²) < 4.78 is 0. The fourth-order valence-corrected chi connectivity index (χ4v) is 1.78. The Morgan fingerprint density at radius 1 is 1.46 bits per heavy atom. The lowest BCUT2D eigenvalue weighted by Crippen LogP contribution is -2.37. The standard InChI is InChI=1S/C10H21N3/c1-5-7-9-8-13(6-2)10(11-9)12(3)4/h9H,5-8H2,1-4H3/t9-/m0/s1. The molecule has 0 saturated carbocycles. The molecule has 0 aromatic carbocycles. The van der Waals surface area contributed by atoms with E-state index in [1.807, 2.05) is 0 Å². The molecule has 0 aromatic heterocycles. The molecule has 0 aromatic rings. The molecule has 1 heterocycles. The summed E-state index contributed by atoms with van der Waals surface area (Å²) in [6, 6.07) is 0.530. The first-order valence-corrected chi connectivity index (χ1v) is 5.19. The smallest absolute Gasteiger partial charge is 0.196 e. The van der Waals surface area contributed by atoms with Gasteiger partial charge in [0.1, 0.15) is 0 Å². The molecule has 0 spiro atoms. The topological polar surface area (TPSA) is 18.8 Å². The van der Waals surface area contributed by atoms with Crippen molar-refractivity contribution >= 4 is 5.96 Å². The molecule has 1 aliphatic rings. The van der Waals surface area contributed by atoms with Crippen molar-refractivity contribution in [2.75, 3.05) is 27.2 Å². The molecule has 76 valence electrons. The van der Waals surface area contributed by atoms with Crippen LogP contribution in [0, 0.1) is 0 Å². The molecule has 0 unspecified atom stereocenters. The second-order valence-electron chi connectivity index (χ2n) is 3.80. The van der Waals surface area contributed by atoms with E-state index in [1.165, 1.54) is 12.8 Å². The third-order valence-corrected chi connectivity index (χ3v) is 2.42. The van der Waals surface area contributed by atoms with Gasteiger partial charge >= 0.3 is 0 Å². The Labute approximate surface area is 81.4 Å². The van der Waals surface area contributed by atoms with E-state index in [0.717, 1.165) is 19.0 Å². The van der Waals surface area contributed by atoms with Crippen LogP contribution in [0.15, 0.2) is 4.99 Å². The molecule has 0 amide bonds. The maximum Gasteiger partial charge on any atom is 0.196 e. The van der Waals surface area contributed by atoms with Crippen molar-refractivity contribution in [2.45, 2.75) is 32.7 Å². The average molecular weight is 183 g/mol. The van der Waals surface area contributed by atoms with Crippen LogP contribution in [0.2, 0.25) is 0 Å². The van der Waals surface area contributed by atoms with Gasteiger partial charge in [0.2, 0.25) is 0 Å². The van der Waals surface area contributed by atoms with Gasteiger partial charge in [-0.25, -0.2) is 4.99 Å². The van der Waals surface area contributed by atoms with Gasteiger partial charge in [-0.2, -0.15) is 0 Å². The maximum atomic E-state index is 4.70. The van der Waals surface area contributed by atoms with Gasteiger partial charge in [0.15, 0.2) is 5.96 Å². The Morgan fingerprint density at radius 3 is 2.54 bits per heavy atom. The lowest BCUT2D eigenvalue weighted by Gasteiger charge is -2.23. The van der Waals surface area contributed by atoms with Crippen LogP contribution >= 0.6 is 0 Å². The largest absolute Gasteiger partial charge is 0.349 e. The number of likely N-dealkylation sites (N-methyl/N-ethyl adjacent to an activating group) is 1. The molecular formula is C10H21N3. The van der Waals surface area contributed by atoms with Crippen LogP contribution in [0.25, 0.3) is 0 Å². The van der Waals surface area contributed by atoms with Gasteiger partial charge in [-0.3, -0.25) is 0 Å². The summed E-state index contributed by atoms with van der Waals surface area (Å²) in [6.45, 7) is 6.59. The molecule has 0 N–H and O–H groups in total. The summed E-state index contributed by atoms with van der Waals surface area (Å²) in [7, 11) is 4.13. The van der Waals surface area contributed by atoms with Crippen molar-refractivity contribution in [1.82, 2.24) is 9.80 Å². The molecule has 0 fully saturated rings. The van der Waals surface area contributed by atoms with Crippen molar-refractivity contribution in [3.8, 4) is 0 Å². The second kappa shape index (κ2) is 4.49. The van der Waals surface area contributed by atoms with E-state index in [0.29, 0.717) is 6.04 Å². The zero-order valence-electron chi connectivity index (χ0n) is 9.25. The van der Waals surface area contributed by atoms with Gasteiger partial charge in [0.05, 0.1) is 6.04 Å². The number of hydrogen-bond acceptors (Lipinski definition) is 3. The number of guanidine groups is 1. The van der Waals surface area contributed by atoms with Gasteiger partial charge in [0, 0.05) is 27.2 Å². The third-order valence-electron chi connectivity index (χ3n) is 2.42. The number of nitrogens with zero attached hydrogens (tertiary/aromatic N) is 3. The maximum absolute atomic E-state index is 4.70. The predicted molar refractivity (Wildman–Crippen MR) is 57.1 cm³/mol. The van der Waals surface area contributed by atoms with E-state index in [2.05, 4.69) is 37.7 Å². The number of hydrogen-bond donors (Lipinski definition) is 0. The van der Waals surface area contributed by atoms with Gasteiger partial charge in [0.25, 0.3) is 0 Å². The minimum absolute atomic E-state index is 0.530. The fourth-order valence-electron chi connectivity index (χ4n) is 1.78. The Kier molecular flexibility index (Phi) is 3.58. The summed E-state index contributed by atoms with van der Waals surface area (Å²) in [5, 5.41) is 0. The van der Waals surface area contributed by atoms with Crippen molar-refractivity contribution in [1.29, 1.82) is 0 Å². The number of rotatable bonds is 3. The highest BCUT2D eigenvalue weighted by Crippen LogP contribution is 2.14. The van der Waals surface area contributed by atoms with Crippen LogP contribution in [0.1, 0.15) is 26.7 Å². The lowest BCUT2D eigenvalue weighted by atomic mass is 10.2. The van der Waals surface area contributed by atoms with E-state index in [1.54, 1.807) is 0 Å². The second-order valence-corrected chi connectivity index (χ2v) is 3.80. The minimum atomic E-state index is 0.530. The van der Waals surface area contributed by atoms with Crippen molar-refractivity contribution in [2.24, 2.45) is 4.99 Å². The van der Waals surface area contributed by atoms with E-state index in [4.69, 9.17) is 4.99 Å². The van der Waals surface area contributed by atoms with E-state index in [9.17, 15) is 0 Å². The van der Waals surface area contributed by atoms with Crippen LogP contribution in [0.5, 0.6) is 0 Å². The Balaban J connectivity index is 2.60. The lowest BCUT2D eigenvalue weighted by molar-refractivity contribution is 0.394. The van der Waals surface area contributed by atoms with Gasteiger partial charge in [-0.15, -0.1) is 0 Å². The summed E-state index contributed by atoms with van der Waals surface area (Å²) in [6.07, 6.45) is 2.44.